The Morgan fingerprint density at radius 2 is 2.26 bits per heavy atom. The Morgan fingerprint density at radius 1 is 1.42 bits per heavy atom. The van der Waals surface area contributed by atoms with Gasteiger partial charge in [-0.25, -0.2) is 4.39 Å². The summed E-state index contributed by atoms with van der Waals surface area (Å²) >= 11 is 1.37. The van der Waals surface area contributed by atoms with Crippen LogP contribution in [-0.2, 0) is 0 Å². The zero-order chi connectivity index (χ0) is 13.4. The van der Waals surface area contributed by atoms with Crippen LogP contribution in [0.2, 0.25) is 0 Å². The average molecular weight is 279 g/mol. The number of hydrogen-bond acceptors (Lipinski definition) is 3. The lowest BCUT2D eigenvalue weighted by atomic mass is 10.1. The number of carbonyl (C=O) groups is 1. The lowest BCUT2D eigenvalue weighted by Crippen LogP contribution is -2.41. The van der Waals surface area contributed by atoms with Crippen LogP contribution in [0, 0.1) is 5.82 Å². The quantitative estimate of drug-likeness (QED) is 0.871. The maximum Gasteiger partial charge on any atom is 0.264 e. The zero-order valence-corrected chi connectivity index (χ0v) is 11.1. The van der Waals surface area contributed by atoms with Gasteiger partial charge < -0.3 is 10.0 Å². The van der Waals surface area contributed by atoms with Gasteiger partial charge in [0.2, 0.25) is 0 Å². The first kappa shape index (κ1) is 12.6. The number of aliphatic hydroxyl groups is 1. The minimum absolute atomic E-state index is 0.0691. The second kappa shape index (κ2) is 4.90. The maximum atomic E-state index is 13.1. The van der Waals surface area contributed by atoms with Crippen molar-refractivity contribution in [1.29, 1.82) is 0 Å². The Bertz CT molecular complexity index is 625. The monoisotopic (exact) mass is 279 g/mol. The van der Waals surface area contributed by atoms with E-state index in [1.54, 1.807) is 17.0 Å². The number of likely N-dealkylation sites (tertiary alicyclic amines) is 1. The third kappa shape index (κ3) is 2.48. The molecule has 1 fully saturated rings. The van der Waals surface area contributed by atoms with Gasteiger partial charge in [0.25, 0.3) is 5.91 Å². The SMILES string of the molecule is O=C(c1cc2cc(F)ccc2s1)N1CCC[C@H](O)C1. The topological polar surface area (TPSA) is 40.5 Å². The second-order valence-electron chi connectivity index (χ2n) is 4.84. The minimum Gasteiger partial charge on any atom is -0.391 e. The molecule has 1 saturated heterocycles. The van der Waals surface area contributed by atoms with Gasteiger partial charge in [-0.05, 0) is 42.5 Å². The number of β-amino-alcohol motifs (C(OH)–C–C–N with tert-alkyl or cyclic N) is 1. The molecule has 0 saturated carbocycles. The van der Waals surface area contributed by atoms with E-state index in [1.807, 2.05) is 0 Å². The molecule has 2 aromatic rings. The fourth-order valence-corrected chi connectivity index (χ4v) is 3.43. The molecule has 0 aliphatic carbocycles. The summed E-state index contributed by atoms with van der Waals surface area (Å²) in [6.45, 7) is 1.07. The van der Waals surface area contributed by atoms with Gasteiger partial charge in [0, 0.05) is 17.8 Å². The highest BCUT2D eigenvalue weighted by Gasteiger charge is 2.24. The molecular formula is C14H14FNO2S. The molecule has 1 amide bonds. The normalized spacial score (nSPS) is 19.9. The molecule has 0 bridgehead atoms. The Hall–Kier alpha value is -1.46. The first-order valence-corrected chi connectivity index (χ1v) is 7.11. The van der Waals surface area contributed by atoms with Crippen molar-refractivity contribution in [2.75, 3.05) is 13.1 Å². The van der Waals surface area contributed by atoms with E-state index in [9.17, 15) is 14.3 Å². The van der Waals surface area contributed by atoms with Crippen molar-refractivity contribution in [3.8, 4) is 0 Å². The molecule has 2 heterocycles. The third-order valence-electron chi connectivity index (χ3n) is 3.37. The van der Waals surface area contributed by atoms with Crippen LogP contribution in [0.1, 0.15) is 22.5 Å². The number of benzene rings is 1. The molecule has 19 heavy (non-hydrogen) atoms. The molecule has 5 heteroatoms. The fourth-order valence-electron chi connectivity index (χ4n) is 2.41. The van der Waals surface area contributed by atoms with Crippen LogP contribution in [0.25, 0.3) is 10.1 Å². The first-order valence-electron chi connectivity index (χ1n) is 6.30. The van der Waals surface area contributed by atoms with Crippen LogP contribution in [0.4, 0.5) is 4.39 Å². The van der Waals surface area contributed by atoms with E-state index in [2.05, 4.69) is 0 Å². The Balaban J connectivity index is 1.88. The highest BCUT2D eigenvalue weighted by atomic mass is 32.1. The standard InChI is InChI=1S/C14H14FNO2S/c15-10-3-4-12-9(6-10)7-13(19-12)14(18)16-5-1-2-11(17)8-16/h3-4,6-7,11,17H,1-2,5,8H2/t11-/m0/s1. The first-order chi connectivity index (χ1) is 9.13. The number of halogens is 1. The van der Waals surface area contributed by atoms with Crippen molar-refractivity contribution < 1.29 is 14.3 Å². The van der Waals surface area contributed by atoms with Crippen LogP contribution in [0.15, 0.2) is 24.3 Å². The predicted octanol–water partition coefficient (Wildman–Crippen LogP) is 2.64. The molecule has 3 rings (SSSR count). The van der Waals surface area contributed by atoms with Gasteiger partial charge in [0.15, 0.2) is 0 Å². The van der Waals surface area contributed by atoms with E-state index >= 15 is 0 Å². The van der Waals surface area contributed by atoms with Gasteiger partial charge in [-0.3, -0.25) is 4.79 Å². The number of aliphatic hydroxyl groups excluding tert-OH is 1. The minimum atomic E-state index is -0.426. The van der Waals surface area contributed by atoms with Gasteiger partial charge in [0.1, 0.15) is 5.82 Å². The van der Waals surface area contributed by atoms with Crippen LogP contribution in [0.5, 0.6) is 0 Å². The molecule has 1 aliphatic heterocycles. The number of thiophene rings is 1. The van der Waals surface area contributed by atoms with Crippen LogP contribution >= 0.6 is 11.3 Å². The summed E-state index contributed by atoms with van der Waals surface area (Å²) in [6, 6.07) is 6.26. The Labute approximate surface area is 114 Å². The van der Waals surface area contributed by atoms with E-state index in [4.69, 9.17) is 0 Å². The Morgan fingerprint density at radius 3 is 3.05 bits per heavy atom. The van der Waals surface area contributed by atoms with E-state index in [1.165, 1.54) is 23.5 Å². The summed E-state index contributed by atoms with van der Waals surface area (Å²) in [4.78, 5) is 14.6. The van der Waals surface area contributed by atoms with E-state index < -0.39 is 6.10 Å². The van der Waals surface area contributed by atoms with Crippen molar-refractivity contribution in [2.45, 2.75) is 18.9 Å². The molecule has 0 spiro atoms. The zero-order valence-electron chi connectivity index (χ0n) is 10.3. The molecule has 0 unspecified atom stereocenters. The lowest BCUT2D eigenvalue weighted by Gasteiger charge is -2.29. The predicted molar refractivity (Wildman–Crippen MR) is 72.9 cm³/mol. The molecular weight excluding hydrogens is 265 g/mol. The summed E-state index contributed by atoms with van der Waals surface area (Å²) in [5.74, 6) is -0.363. The highest BCUT2D eigenvalue weighted by molar-refractivity contribution is 7.20. The van der Waals surface area contributed by atoms with E-state index in [0.717, 1.165) is 22.9 Å². The molecule has 1 aromatic heterocycles. The van der Waals surface area contributed by atoms with Gasteiger partial charge >= 0.3 is 0 Å². The van der Waals surface area contributed by atoms with Crippen molar-refractivity contribution in [1.82, 2.24) is 4.90 Å². The average Bonchev–Trinajstić information content (AvgIpc) is 2.80. The smallest absolute Gasteiger partial charge is 0.264 e. The molecule has 0 radical (unpaired) electrons. The number of carbonyl (C=O) groups excluding carboxylic acids is 1. The summed E-state index contributed by atoms with van der Waals surface area (Å²) in [6.07, 6.45) is 1.15. The van der Waals surface area contributed by atoms with Gasteiger partial charge in [-0.15, -0.1) is 11.3 Å². The number of nitrogens with zero attached hydrogens (tertiary/aromatic N) is 1. The van der Waals surface area contributed by atoms with Gasteiger partial charge in [-0.2, -0.15) is 0 Å². The molecule has 100 valence electrons. The summed E-state index contributed by atoms with van der Waals surface area (Å²) < 4.78 is 14.0. The lowest BCUT2D eigenvalue weighted by molar-refractivity contribution is 0.0478. The van der Waals surface area contributed by atoms with Crippen molar-refractivity contribution in [3.63, 3.8) is 0 Å². The van der Waals surface area contributed by atoms with Crippen molar-refractivity contribution in [2.24, 2.45) is 0 Å². The largest absolute Gasteiger partial charge is 0.391 e. The summed E-state index contributed by atoms with van der Waals surface area (Å²) in [7, 11) is 0. The van der Waals surface area contributed by atoms with E-state index in [0.29, 0.717) is 18.0 Å². The van der Waals surface area contributed by atoms with Crippen molar-refractivity contribution >= 4 is 27.3 Å². The molecule has 1 aromatic carbocycles. The molecule has 1 atom stereocenters. The van der Waals surface area contributed by atoms with Crippen LogP contribution in [0.3, 0.4) is 0 Å². The summed E-state index contributed by atoms with van der Waals surface area (Å²) in [5, 5.41) is 10.4. The fraction of sp³-hybridized carbons (Fsp3) is 0.357. The number of piperidine rings is 1. The number of amides is 1. The van der Waals surface area contributed by atoms with Gasteiger partial charge in [0.05, 0.1) is 11.0 Å². The number of rotatable bonds is 1. The van der Waals surface area contributed by atoms with Crippen LogP contribution in [-0.4, -0.2) is 35.1 Å². The second-order valence-corrected chi connectivity index (χ2v) is 5.92. The molecule has 1 aliphatic rings. The van der Waals surface area contributed by atoms with Gasteiger partial charge in [-0.1, -0.05) is 0 Å². The number of hydrogen-bond donors (Lipinski definition) is 1. The maximum absolute atomic E-state index is 13.1. The van der Waals surface area contributed by atoms with Crippen molar-refractivity contribution in [3.05, 3.63) is 35.0 Å². The summed E-state index contributed by atoms with van der Waals surface area (Å²) in [5.41, 5.74) is 0. The Kier molecular flexibility index (Phi) is 3.24. The molecule has 3 nitrogen and oxygen atoms in total. The van der Waals surface area contributed by atoms with Crippen LogP contribution < -0.4 is 0 Å². The van der Waals surface area contributed by atoms with E-state index in [-0.39, 0.29) is 11.7 Å². The third-order valence-corrected chi connectivity index (χ3v) is 4.48. The number of fused-ring (bicyclic) bond motifs is 1. The molecule has 1 N–H and O–H groups in total. The highest BCUT2D eigenvalue weighted by Crippen LogP contribution is 2.28.